The fraction of sp³-hybridized carbons (Fsp3) is 0.429. The Morgan fingerprint density at radius 2 is 2.04 bits per heavy atom. The zero-order valence-corrected chi connectivity index (χ0v) is 17.0. The number of nitrogens with one attached hydrogen (secondary N) is 1. The summed E-state index contributed by atoms with van der Waals surface area (Å²) in [7, 11) is -3.33. The van der Waals surface area contributed by atoms with Gasteiger partial charge in [0.15, 0.2) is 0 Å². The van der Waals surface area contributed by atoms with Crippen molar-refractivity contribution in [3.63, 3.8) is 0 Å². The number of benzene rings is 1. The van der Waals surface area contributed by atoms with Gasteiger partial charge in [0, 0.05) is 30.1 Å². The molecule has 0 fully saturated rings. The lowest BCUT2D eigenvalue weighted by Crippen LogP contribution is -2.22. The second-order valence-corrected chi connectivity index (χ2v) is 9.00. The molecule has 1 aromatic heterocycles. The van der Waals surface area contributed by atoms with E-state index in [1.807, 2.05) is 6.92 Å². The average molecular weight is 402 g/mol. The summed E-state index contributed by atoms with van der Waals surface area (Å²) in [5, 5.41) is 5.44. The van der Waals surface area contributed by atoms with E-state index in [1.54, 1.807) is 12.1 Å². The van der Waals surface area contributed by atoms with Crippen molar-refractivity contribution in [1.29, 1.82) is 0 Å². The Morgan fingerprint density at radius 1 is 1.25 bits per heavy atom. The van der Waals surface area contributed by atoms with Crippen LogP contribution >= 0.6 is 0 Å². The molecule has 1 unspecified atom stereocenters. The highest BCUT2D eigenvalue weighted by atomic mass is 32.2. The average Bonchev–Trinajstić information content (AvgIpc) is 3.09. The number of fused-ring (bicyclic) bond motifs is 1. The quantitative estimate of drug-likeness (QED) is 0.655. The first-order valence-electron chi connectivity index (χ1n) is 9.74. The summed E-state index contributed by atoms with van der Waals surface area (Å²) in [6, 6.07) is 9.77. The van der Waals surface area contributed by atoms with E-state index in [9.17, 15) is 13.2 Å². The molecule has 0 aliphatic heterocycles. The van der Waals surface area contributed by atoms with Gasteiger partial charge in [0.05, 0.1) is 5.69 Å². The summed E-state index contributed by atoms with van der Waals surface area (Å²) >= 11 is 0. The minimum absolute atomic E-state index is 0.0705. The van der Waals surface area contributed by atoms with E-state index in [4.69, 9.17) is 0 Å². The molecular weight excluding hydrogens is 374 g/mol. The number of hydrogen-bond acceptors (Lipinski definition) is 4. The van der Waals surface area contributed by atoms with E-state index in [1.165, 1.54) is 15.8 Å². The van der Waals surface area contributed by atoms with Gasteiger partial charge in [-0.2, -0.15) is 5.10 Å². The summed E-state index contributed by atoms with van der Waals surface area (Å²) in [5.74, 6) is 0.528. The molecule has 150 valence electrons. The van der Waals surface area contributed by atoms with Gasteiger partial charge in [-0.15, -0.1) is 0 Å². The van der Waals surface area contributed by atoms with Gasteiger partial charge in [-0.3, -0.25) is 4.79 Å². The summed E-state index contributed by atoms with van der Waals surface area (Å²) in [4.78, 5) is 11.9. The van der Waals surface area contributed by atoms with Crippen LogP contribution in [0.2, 0.25) is 0 Å². The highest BCUT2D eigenvalue weighted by molar-refractivity contribution is 7.92. The van der Waals surface area contributed by atoms with Crippen LogP contribution in [-0.4, -0.2) is 24.7 Å². The Kier molecular flexibility index (Phi) is 6.46. The van der Waals surface area contributed by atoms with Gasteiger partial charge in [-0.1, -0.05) is 25.6 Å². The summed E-state index contributed by atoms with van der Waals surface area (Å²) < 4.78 is 26.8. The van der Waals surface area contributed by atoms with Crippen molar-refractivity contribution in [2.45, 2.75) is 45.6 Å². The van der Waals surface area contributed by atoms with E-state index in [0.717, 1.165) is 48.8 Å². The van der Waals surface area contributed by atoms with Gasteiger partial charge in [0.25, 0.3) is 5.56 Å². The maximum absolute atomic E-state index is 11.9. The zero-order chi connectivity index (χ0) is 20.1. The number of aromatic nitrogens is 2. The van der Waals surface area contributed by atoms with Crippen LogP contribution in [-0.2, 0) is 29.4 Å². The first kappa shape index (κ1) is 20.5. The highest BCUT2D eigenvalue weighted by Crippen LogP contribution is 2.32. The van der Waals surface area contributed by atoms with Crippen LogP contribution in [0.25, 0.3) is 11.3 Å². The summed E-state index contributed by atoms with van der Waals surface area (Å²) in [6.45, 7) is 6.38. The van der Waals surface area contributed by atoms with Crippen LogP contribution in [0.5, 0.6) is 0 Å². The van der Waals surface area contributed by atoms with Crippen molar-refractivity contribution < 1.29 is 8.42 Å². The molecule has 3 rings (SSSR count). The lowest BCUT2D eigenvalue weighted by molar-refractivity contribution is 0.490. The molecule has 6 nitrogen and oxygen atoms in total. The molecule has 7 heteroatoms. The predicted octanol–water partition coefficient (Wildman–Crippen LogP) is 2.88. The Balaban J connectivity index is 1.64. The fourth-order valence-corrected chi connectivity index (χ4v) is 4.26. The number of sulfonamides is 1. The van der Waals surface area contributed by atoms with Crippen molar-refractivity contribution >= 4 is 10.0 Å². The first-order chi connectivity index (χ1) is 13.4. The number of hydrogen-bond donors (Lipinski definition) is 1. The second kappa shape index (κ2) is 8.84. The molecular formula is C21H27N3O3S. The number of nitrogens with zero attached hydrogens (tertiary/aromatic N) is 2. The van der Waals surface area contributed by atoms with Gasteiger partial charge in [0.1, 0.15) is 0 Å². The van der Waals surface area contributed by atoms with Crippen molar-refractivity contribution in [3.8, 4) is 11.3 Å². The highest BCUT2D eigenvalue weighted by Gasteiger charge is 2.22. The fourth-order valence-electron chi connectivity index (χ4n) is 3.71. The minimum atomic E-state index is -3.33. The first-order valence-corrected chi connectivity index (χ1v) is 11.3. The predicted molar refractivity (Wildman–Crippen MR) is 111 cm³/mol. The zero-order valence-electron chi connectivity index (χ0n) is 16.2. The molecule has 0 spiro atoms. The van der Waals surface area contributed by atoms with Crippen molar-refractivity contribution in [2.75, 3.05) is 6.54 Å². The monoisotopic (exact) mass is 401 g/mol. The molecule has 0 saturated carbocycles. The van der Waals surface area contributed by atoms with Crippen LogP contribution in [0.3, 0.4) is 0 Å². The van der Waals surface area contributed by atoms with Crippen LogP contribution < -0.4 is 10.3 Å². The molecule has 0 amide bonds. The molecule has 0 saturated heterocycles. The van der Waals surface area contributed by atoms with Gasteiger partial charge >= 0.3 is 0 Å². The van der Waals surface area contributed by atoms with Gasteiger partial charge < -0.3 is 0 Å². The van der Waals surface area contributed by atoms with Crippen LogP contribution in [0.1, 0.15) is 37.3 Å². The third-order valence-corrected chi connectivity index (χ3v) is 6.18. The third-order valence-electron chi connectivity index (χ3n) is 5.13. The van der Waals surface area contributed by atoms with Gasteiger partial charge in [0.2, 0.25) is 10.0 Å². The van der Waals surface area contributed by atoms with Crippen LogP contribution in [0.15, 0.2) is 47.1 Å². The molecule has 1 atom stereocenters. The summed E-state index contributed by atoms with van der Waals surface area (Å²) in [5.41, 5.74) is 4.45. The molecule has 0 bridgehead atoms. The van der Waals surface area contributed by atoms with E-state index in [2.05, 4.69) is 34.6 Å². The Morgan fingerprint density at radius 3 is 2.79 bits per heavy atom. The van der Waals surface area contributed by atoms with Crippen LogP contribution in [0.4, 0.5) is 0 Å². The van der Waals surface area contributed by atoms with E-state index in [0.29, 0.717) is 19.0 Å². The maximum atomic E-state index is 11.9. The lowest BCUT2D eigenvalue weighted by atomic mass is 10.0. The Bertz CT molecular complexity index is 1010. The largest absolute Gasteiger partial charge is 0.268 e. The van der Waals surface area contributed by atoms with Gasteiger partial charge in [-0.25, -0.2) is 17.8 Å². The maximum Gasteiger partial charge on any atom is 0.266 e. The lowest BCUT2D eigenvalue weighted by Gasteiger charge is -2.08. The topological polar surface area (TPSA) is 81.1 Å². The second-order valence-electron chi connectivity index (χ2n) is 7.29. The molecule has 1 aliphatic carbocycles. The van der Waals surface area contributed by atoms with E-state index in [-0.39, 0.29) is 5.56 Å². The van der Waals surface area contributed by atoms with Crippen molar-refractivity contribution in [2.24, 2.45) is 5.92 Å². The Hall–Kier alpha value is -2.25. The number of aryl methyl sites for hydroxylation is 1. The minimum Gasteiger partial charge on any atom is -0.268 e. The Labute approximate surface area is 166 Å². The molecule has 1 heterocycles. The van der Waals surface area contributed by atoms with Crippen molar-refractivity contribution in [1.82, 2.24) is 14.5 Å². The molecule has 1 N–H and O–H groups in total. The molecule has 1 aromatic carbocycles. The van der Waals surface area contributed by atoms with Crippen molar-refractivity contribution in [3.05, 3.63) is 63.8 Å². The van der Waals surface area contributed by atoms with Gasteiger partial charge in [-0.05, 0) is 61.3 Å². The summed E-state index contributed by atoms with van der Waals surface area (Å²) in [6.07, 6.45) is 4.66. The van der Waals surface area contributed by atoms with E-state index >= 15 is 0 Å². The molecule has 1 aliphatic rings. The molecule has 28 heavy (non-hydrogen) atoms. The molecule has 2 aromatic rings. The SMILES string of the molecule is C=CS(=O)(=O)NCCCC1Cc2ccc(-c3ccc(=O)n(CCC)n3)cc2C1. The normalized spacial score (nSPS) is 16.1. The smallest absolute Gasteiger partial charge is 0.266 e. The standard InChI is InChI=1S/C21H27N3O3S/c1-3-12-24-21(25)10-9-20(23-24)18-8-7-17-13-16(14-19(17)15-18)6-5-11-22-28(26,27)4-2/h4,7-10,15-16,22H,2-3,5-6,11-14H2,1H3. The van der Waals surface area contributed by atoms with Crippen LogP contribution in [0, 0.1) is 5.92 Å². The third kappa shape index (κ3) is 4.97. The molecule has 0 radical (unpaired) electrons. The van der Waals surface area contributed by atoms with E-state index < -0.39 is 10.0 Å². The number of rotatable bonds is 9.